The van der Waals surface area contributed by atoms with Gasteiger partial charge in [0.25, 0.3) is 5.69 Å². The Morgan fingerprint density at radius 1 is 1.27 bits per heavy atom. The van der Waals surface area contributed by atoms with Gasteiger partial charge in [-0.15, -0.1) is 0 Å². The lowest BCUT2D eigenvalue weighted by Gasteiger charge is -2.35. The number of carbonyl (C=O) groups excluding carboxylic acids is 1. The Morgan fingerprint density at radius 3 is 2.50 bits per heavy atom. The monoisotopic (exact) mass is 302 g/mol. The zero-order chi connectivity index (χ0) is 16.1. The van der Waals surface area contributed by atoms with Crippen LogP contribution in [0.15, 0.2) is 30.3 Å². The van der Waals surface area contributed by atoms with Gasteiger partial charge in [0.2, 0.25) is 5.91 Å². The molecule has 0 aromatic heterocycles. The van der Waals surface area contributed by atoms with Crippen molar-refractivity contribution in [1.29, 1.82) is 0 Å². The molecule has 0 heterocycles. The lowest BCUT2D eigenvalue weighted by atomic mass is 9.85. The molecule has 0 spiro atoms. The van der Waals surface area contributed by atoms with Crippen molar-refractivity contribution in [2.24, 2.45) is 5.92 Å². The molecule has 2 rings (SSSR count). The number of nitro groups is 1. The summed E-state index contributed by atoms with van der Waals surface area (Å²) in [5.41, 5.74) is 0.834. The first-order valence-corrected chi connectivity index (χ1v) is 7.68. The molecular weight excluding hydrogens is 280 g/mol. The van der Waals surface area contributed by atoms with Gasteiger partial charge in [0, 0.05) is 31.3 Å². The van der Waals surface area contributed by atoms with Gasteiger partial charge in [-0.1, -0.05) is 19.8 Å². The van der Waals surface area contributed by atoms with Crippen LogP contribution in [0.1, 0.15) is 38.2 Å². The van der Waals surface area contributed by atoms with Gasteiger partial charge >= 0.3 is 0 Å². The largest absolute Gasteiger partial charge is 0.339 e. The second-order valence-electron chi connectivity index (χ2n) is 5.96. The molecule has 0 N–H and O–H groups in total. The smallest absolute Gasteiger partial charge is 0.269 e. The summed E-state index contributed by atoms with van der Waals surface area (Å²) in [6, 6.07) is 6.48. The summed E-state index contributed by atoms with van der Waals surface area (Å²) in [5.74, 6) is 0.521. The van der Waals surface area contributed by atoms with Crippen molar-refractivity contribution >= 4 is 17.7 Å². The Labute approximate surface area is 130 Å². The first kappa shape index (κ1) is 16.2. The maximum Gasteiger partial charge on any atom is 0.269 e. The minimum absolute atomic E-state index is 0.0166. The first-order chi connectivity index (χ1) is 10.5. The Hall–Kier alpha value is -2.17. The zero-order valence-corrected chi connectivity index (χ0v) is 13.1. The van der Waals surface area contributed by atoms with Gasteiger partial charge in [0.15, 0.2) is 0 Å². The highest BCUT2D eigenvalue weighted by Crippen LogP contribution is 2.27. The predicted octanol–water partition coefficient (Wildman–Crippen LogP) is 3.65. The lowest BCUT2D eigenvalue weighted by molar-refractivity contribution is -0.384. The number of non-ortho nitro benzene ring substituents is 1. The minimum Gasteiger partial charge on any atom is -0.339 e. The van der Waals surface area contributed by atoms with Crippen molar-refractivity contribution in [2.45, 2.75) is 38.6 Å². The molecule has 5 heteroatoms. The van der Waals surface area contributed by atoms with Crippen molar-refractivity contribution in [3.8, 4) is 0 Å². The molecule has 1 amide bonds. The second-order valence-corrected chi connectivity index (χ2v) is 5.96. The summed E-state index contributed by atoms with van der Waals surface area (Å²) in [6.07, 6.45) is 7.92. The predicted molar refractivity (Wildman–Crippen MR) is 86.3 cm³/mol. The summed E-state index contributed by atoms with van der Waals surface area (Å²) in [4.78, 5) is 24.3. The summed E-state index contributed by atoms with van der Waals surface area (Å²) >= 11 is 0. The fraction of sp³-hybridized carbons (Fsp3) is 0.471. The van der Waals surface area contributed by atoms with Gasteiger partial charge in [-0.05, 0) is 42.5 Å². The number of rotatable bonds is 4. The Kier molecular flexibility index (Phi) is 5.31. The molecule has 1 saturated carbocycles. The van der Waals surface area contributed by atoms with E-state index < -0.39 is 4.92 Å². The van der Waals surface area contributed by atoms with Crippen LogP contribution in [-0.4, -0.2) is 28.8 Å². The zero-order valence-electron chi connectivity index (χ0n) is 13.1. The van der Waals surface area contributed by atoms with Crippen LogP contribution in [-0.2, 0) is 4.79 Å². The molecule has 0 bridgehead atoms. The first-order valence-electron chi connectivity index (χ1n) is 7.68. The maximum atomic E-state index is 12.3. The SMILES string of the molecule is CC1CCCCC1N(C)C(=O)/C=C/c1ccc([N+](=O)[O-])cc1. The van der Waals surface area contributed by atoms with Crippen molar-refractivity contribution in [3.63, 3.8) is 0 Å². The van der Waals surface area contributed by atoms with Gasteiger partial charge in [-0.3, -0.25) is 14.9 Å². The molecular formula is C17H22N2O3. The van der Waals surface area contributed by atoms with Crippen LogP contribution in [0.4, 0.5) is 5.69 Å². The van der Waals surface area contributed by atoms with Crippen LogP contribution in [0, 0.1) is 16.0 Å². The average molecular weight is 302 g/mol. The lowest BCUT2D eigenvalue weighted by Crippen LogP contribution is -2.41. The van der Waals surface area contributed by atoms with Crippen LogP contribution in [0.5, 0.6) is 0 Å². The van der Waals surface area contributed by atoms with Crippen LogP contribution in [0.25, 0.3) is 6.08 Å². The van der Waals surface area contributed by atoms with E-state index in [0.29, 0.717) is 12.0 Å². The molecule has 0 saturated heterocycles. The summed E-state index contributed by atoms with van der Waals surface area (Å²) in [5, 5.41) is 10.6. The molecule has 1 aliphatic rings. The highest BCUT2D eigenvalue weighted by atomic mass is 16.6. The molecule has 0 aliphatic heterocycles. The van der Waals surface area contributed by atoms with Crippen molar-refractivity contribution in [3.05, 3.63) is 46.0 Å². The average Bonchev–Trinajstić information content (AvgIpc) is 2.52. The van der Waals surface area contributed by atoms with Gasteiger partial charge in [0.1, 0.15) is 0 Å². The topological polar surface area (TPSA) is 63.5 Å². The quantitative estimate of drug-likeness (QED) is 0.484. The molecule has 1 aromatic carbocycles. The number of likely N-dealkylation sites (N-methyl/N-ethyl adjacent to an activating group) is 1. The van der Waals surface area contributed by atoms with E-state index in [4.69, 9.17) is 0 Å². The normalized spacial score (nSPS) is 21.7. The Morgan fingerprint density at radius 2 is 1.91 bits per heavy atom. The number of nitro benzene ring substituents is 1. The number of nitrogens with zero attached hydrogens (tertiary/aromatic N) is 2. The van der Waals surface area contributed by atoms with E-state index in [1.807, 2.05) is 11.9 Å². The van der Waals surface area contributed by atoms with Crippen molar-refractivity contribution in [1.82, 2.24) is 4.90 Å². The van der Waals surface area contributed by atoms with Crippen LogP contribution in [0.3, 0.4) is 0 Å². The molecule has 22 heavy (non-hydrogen) atoms. The van der Waals surface area contributed by atoms with E-state index in [0.717, 1.165) is 12.0 Å². The third-order valence-electron chi connectivity index (χ3n) is 4.43. The number of amides is 1. The van der Waals surface area contributed by atoms with E-state index in [2.05, 4.69) is 6.92 Å². The summed E-state index contributed by atoms with van der Waals surface area (Å²) < 4.78 is 0. The fourth-order valence-corrected chi connectivity index (χ4v) is 3.03. The Balaban J connectivity index is 1.99. The highest BCUT2D eigenvalue weighted by molar-refractivity contribution is 5.91. The van der Waals surface area contributed by atoms with Crippen LogP contribution >= 0.6 is 0 Å². The van der Waals surface area contributed by atoms with Crippen LogP contribution < -0.4 is 0 Å². The molecule has 2 atom stereocenters. The number of hydrogen-bond donors (Lipinski definition) is 0. The minimum atomic E-state index is -0.434. The van der Waals surface area contributed by atoms with Crippen LogP contribution in [0.2, 0.25) is 0 Å². The second kappa shape index (κ2) is 7.20. The Bertz CT molecular complexity index is 566. The summed E-state index contributed by atoms with van der Waals surface area (Å²) in [6.45, 7) is 2.20. The summed E-state index contributed by atoms with van der Waals surface area (Å²) in [7, 11) is 1.86. The van der Waals surface area contributed by atoms with Crippen molar-refractivity contribution < 1.29 is 9.72 Å². The van der Waals surface area contributed by atoms with E-state index in [1.54, 1.807) is 24.3 Å². The van der Waals surface area contributed by atoms with Gasteiger partial charge in [-0.25, -0.2) is 0 Å². The molecule has 1 aliphatic carbocycles. The van der Waals surface area contributed by atoms with Gasteiger partial charge in [-0.2, -0.15) is 0 Å². The third-order valence-corrected chi connectivity index (χ3v) is 4.43. The number of benzene rings is 1. The molecule has 1 fully saturated rings. The highest BCUT2D eigenvalue weighted by Gasteiger charge is 2.26. The molecule has 1 aromatic rings. The van der Waals surface area contributed by atoms with E-state index in [-0.39, 0.29) is 11.6 Å². The molecule has 0 radical (unpaired) electrons. The maximum absolute atomic E-state index is 12.3. The fourth-order valence-electron chi connectivity index (χ4n) is 3.03. The van der Waals surface area contributed by atoms with Gasteiger partial charge < -0.3 is 4.90 Å². The molecule has 5 nitrogen and oxygen atoms in total. The van der Waals surface area contributed by atoms with Gasteiger partial charge in [0.05, 0.1) is 4.92 Å². The standard InChI is InChI=1S/C17H22N2O3/c1-13-5-3-4-6-16(13)18(2)17(20)12-9-14-7-10-15(11-8-14)19(21)22/h7-13,16H,3-6H2,1-2H3/b12-9+. The molecule has 2 unspecified atom stereocenters. The van der Waals surface area contributed by atoms with E-state index >= 15 is 0 Å². The van der Waals surface area contributed by atoms with Crippen molar-refractivity contribution in [2.75, 3.05) is 7.05 Å². The van der Waals surface area contributed by atoms with E-state index in [1.165, 1.54) is 31.4 Å². The van der Waals surface area contributed by atoms with E-state index in [9.17, 15) is 14.9 Å². The number of hydrogen-bond acceptors (Lipinski definition) is 3. The third kappa shape index (κ3) is 3.93. The molecule has 118 valence electrons. The number of carbonyl (C=O) groups is 1.